The number of nitrogens with two attached hydrogens (primary N) is 2. The van der Waals surface area contributed by atoms with Gasteiger partial charge in [-0.25, -0.2) is 0 Å². The van der Waals surface area contributed by atoms with E-state index in [4.69, 9.17) is 21.3 Å². The number of aliphatic carboxylic acids is 1. The van der Waals surface area contributed by atoms with Crippen molar-refractivity contribution in [1.29, 1.82) is 0 Å². The Hall–Kier alpha value is -1.92. The summed E-state index contributed by atoms with van der Waals surface area (Å²) >= 11 is 0. The van der Waals surface area contributed by atoms with Crippen LogP contribution in [0.25, 0.3) is 0 Å². The molecule has 0 heterocycles. The molecule has 2 atom stereocenters. The van der Waals surface area contributed by atoms with Crippen LogP contribution in [0.3, 0.4) is 0 Å². The zero-order valence-corrected chi connectivity index (χ0v) is 11.2. The minimum absolute atomic E-state index is 0.183. The van der Waals surface area contributed by atoms with E-state index in [1.807, 2.05) is 30.3 Å². The lowest BCUT2D eigenvalue weighted by Crippen LogP contribution is -2.34. The fraction of sp³-hybridized carbons (Fsp3) is 0.429. The van der Waals surface area contributed by atoms with Crippen LogP contribution < -0.4 is 11.5 Å². The van der Waals surface area contributed by atoms with Crippen LogP contribution >= 0.6 is 0 Å². The van der Waals surface area contributed by atoms with Crippen molar-refractivity contribution in [1.82, 2.24) is 0 Å². The second kappa shape index (κ2) is 8.29. The standard InChI is InChI=1S/C14H20N2O4/c15-11(13(17)18)7-4-8-12(16)14(19)20-9-10-5-2-1-3-6-10/h1-3,5-6,11-12H,4,7-9,15-16H2,(H,17,18)/t11?,12-/m0/s1. The van der Waals surface area contributed by atoms with Gasteiger partial charge in [0.05, 0.1) is 0 Å². The van der Waals surface area contributed by atoms with Crippen LogP contribution in [0.5, 0.6) is 0 Å². The number of carbonyl (C=O) groups excluding carboxylic acids is 1. The molecule has 0 aromatic heterocycles. The van der Waals surface area contributed by atoms with Crippen LogP contribution in [-0.4, -0.2) is 29.1 Å². The molecule has 1 aromatic carbocycles. The van der Waals surface area contributed by atoms with Gasteiger partial charge >= 0.3 is 11.9 Å². The highest BCUT2D eigenvalue weighted by Crippen LogP contribution is 2.06. The SMILES string of the molecule is NC(CCC[C@H](N)C(=O)OCc1ccccc1)C(=O)O. The Morgan fingerprint density at radius 1 is 1.10 bits per heavy atom. The normalized spacial score (nSPS) is 13.5. The number of rotatable bonds is 8. The van der Waals surface area contributed by atoms with Crippen molar-refractivity contribution in [2.24, 2.45) is 11.5 Å². The maximum Gasteiger partial charge on any atom is 0.323 e. The van der Waals surface area contributed by atoms with Gasteiger partial charge in [-0.15, -0.1) is 0 Å². The minimum Gasteiger partial charge on any atom is -0.480 e. The van der Waals surface area contributed by atoms with Gasteiger partial charge in [-0.1, -0.05) is 30.3 Å². The van der Waals surface area contributed by atoms with Crippen LogP contribution in [0.2, 0.25) is 0 Å². The van der Waals surface area contributed by atoms with Crippen molar-refractivity contribution in [3.05, 3.63) is 35.9 Å². The van der Waals surface area contributed by atoms with Gasteiger partial charge in [0.25, 0.3) is 0 Å². The van der Waals surface area contributed by atoms with Crippen LogP contribution in [0.1, 0.15) is 24.8 Å². The second-order valence-electron chi connectivity index (χ2n) is 4.58. The number of carboxylic acids is 1. The third kappa shape index (κ3) is 5.81. The van der Waals surface area contributed by atoms with Crippen LogP contribution in [0.4, 0.5) is 0 Å². The molecule has 0 radical (unpaired) electrons. The topological polar surface area (TPSA) is 116 Å². The molecule has 1 aromatic rings. The average Bonchev–Trinajstić information content (AvgIpc) is 2.45. The number of benzene rings is 1. The summed E-state index contributed by atoms with van der Waals surface area (Å²) in [6.45, 7) is 0.183. The molecule has 6 nitrogen and oxygen atoms in total. The zero-order chi connectivity index (χ0) is 15.0. The predicted molar refractivity (Wildman–Crippen MR) is 73.7 cm³/mol. The molecule has 110 valence electrons. The Morgan fingerprint density at radius 3 is 2.30 bits per heavy atom. The lowest BCUT2D eigenvalue weighted by molar-refractivity contribution is -0.146. The summed E-state index contributed by atoms with van der Waals surface area (Å²) in [7, 11) is 0. The van der Waals surface area contributed by atoms with E-state index >= 15 is 0 Å². The molecule has 0 saturated carbocycles. The van der Waals surface area contributed by atoms with Crippen LogP contribution in [-0.2, 0) is 20.9 Å². The number of hydrogen-bond donors (Lipinski definition) is 3. The molecule has 1 rings (SSSR count). The Morgan fingerprint density at radius 2 is 1.70 bits per heavy atom. The number of hydrogen-bond acceptors (Lipinski definition) is 5. The lowest BCUT2D eigenvalue weighted by atomic mass is 10.1. The van der Waals surface area contributed by atoms with E-state index in [2.05, 4.69) is 0 Å². The van der Waals surface area contributed by atoms with Gasteiger partial charge in [-0.2, -0.15) is 0 Å². The second-order valence-corrected chi connectivity index (χ2v) is 4.58. The molecule has 0 saturated heterocycles. The Balaban J connectivity index is 2.24. The van der Waals surface area contributed by atoms with E-state index in [-0.39, 0.29) is 13.0 Å². The van der Waals surface area contributed by atoms with Crippen molar-refractivity contribution < 1.29 is 19.4 Å². The molecular formula is C14H20N2O4. The molecular weight excluding hydrogens is 260 g/mol. The third-order valence-corrected chi connectivity index (χ3v) is 2.87. The van der Waals surface area contributed by atoms with Gasteiger partial charge in [0.1, 0.15) is 18.7 Å². The molecule has 0 aliphatic heterocycles. The predicted octanol–water partition coefficient (Wildman–Crippen LogP) is 0.639. The Bertz CT molecular complexity index is 436. The van der Waals surface area contributed by atoms with E-state index in [9.17, 15) is 9.59 Å². The van der Waals surface area contributed by atoms with Gasteiger partial charge < -0.3 is 21.3 Å². The number of ether oxygens (including phenoxy) is 1. The molecule has 5 N–H and O–H groups in total. The van der Waals surface area contributed by atoms with Crippen molar-refractivity contribution >= 4 is 11.9 Å². The molecule has 0 bridgehead atoms. The van der Waals surface area contributed by atoms with Gasteiger partial charge in [-0.3, -0.25) is 9.59 Å². The molecule has 0 amide bonds. The third-order valence-electron chi connectivity index (χ3n) is 2.87. The molecule has 0 aliphatic rings. The Kier molecular flexibility index (Phi) is 6.69. The summed E-state index contributed by atoms with van der Waals surface area (Å²) in [6.07, 6.45) is 1.11. The minimum atomic E-state index is -1.05. The zero-order valence-electron chi connectivity index (χ0n) is 11.2. The first-order valence-electron chi connectivity index (χ1n) is 6.45. The highest BCUT2D eigenvalue weighted by molar-refractivity contribution is 5.75. The summed E-state index contributed by atoms with van der Waals surface area (Å²) in [5.74, 6) is -1.54. The first-order valence-corrected chi connectivity index (χ1v) is 6.45. The van der Waals surface area contributed by atoms with E-state index < -0.39 is 24.0 Å². The highest BCUT2D eigenvalue weighted by atomic mass is 16.5. The largest absolute Gasteiger partial charge is 0.480 e. The first kappa shape index (κ1) is 16.1. The summed E-state index contributed by atoms with van der Waals surface area (Å²) in [5, 5.41) is 8.62. The van der Waals surface area contributed by atoms with E-state index in [0.717, 1.165) is 5.56 Å². The van der Waals surface area contributed by atoms with Crippen molar-refractivity contribution in [3.63, 3.8) is 0 Å². The van der Waals surface area contributed by atoms with Gasteiger partial charge in [0.2, 0.25) is 0 Å². The molecule has 1 unspecified atom stereocenters. The molecule has 6 heteroatoms. The summed E-state index contributed by atoms with van der Waals surface area (Å²) in [6, 6.07) is 7.63. The summed E-state index contributed by atoms with van der Waals surface area (Å²) in [4.78, 5) is 22.2. The summed E-state index contributed by atoms with van der Waals surface area (Å²) < 4.78 is 5.08. The maximum atomic E-state index is 11.6. The van der Waals surface area contributed by atoms with Crippen LogP contribution in [0.15, 0.2) is 30.3 Å². The smallest absolute Gasteiger partial charge is 0.323 e. The van der Waals surface area contributed by atoms with Crippen molar-refractivity contribution in [2.75, 3.05) is 0 Å². The van der Waals surface area contributed by atoms with Crippen molar-refractivity contribution in [2.45, 2.75) is 38.0 Å². The number of esters is 1. The lowest BCUT2D eigenvalue weighted by Gasteiger charge is -2.12. The van der Waals surface area contributed by atoms with Gasteiger partial charge in [-0.05, 0) is 24.8 Å². The van der Waals surface area contributed by atoms with E-state index in [1.54, 1.807) is 0 Å². The Labute approximate surface area is 117 Å². The van der Waals surface area contributed by atoms with E-state index in [0.29, 0.717) is 12.8 Å². The number of carbonyl (C=O) groups is 2. The maximum absolute atomic E-state index is 11.6. The highest BCUT2D eigenvalue weighted by Gasteiger charge is 2.17. The monoisotopic (exact) mass is 280 g/mol. The molecule has 0 spiro atoms. The molecule has 20 heavy (non-hydrogen) atoms. The molecule has 0 aliphatic carbocycles. The average molecular weight is 280 g/mol. The van der Waals surface area contributed by atoms with Gasteiger partial charge in [0.15, 0.2) is 0 Å². The fourth-order valence-corrected chi connectivity index (χ4v) is 1.63. The first-order chi connectivity index (χ1) is 9.50. The van der Waals surface area contributed by atoms with E-state index in [1.165, 1.54) is 0 Å². The van der Waals surface area contributed by atoms with Crippen LogP contribution in [0, 0.1) is 0 Å². The quantitative estimate of drug-likeness (QED) is 0.602. The number of carboxylic acid groups (broad SMARTS) is 1. The fourth-order valence-electron chi connectivity index (χ4n) is 1.63. The summed E-state index contributed by atoms with van der Waals surface area (Å²) in [5.41, 5.74) is 11.9. The molecule has 0 fully saturated rings. The van der Waals surface area contributed by atoms with Crippen molar-refractivity contribution in [3.8, 4) is 0 Å². The van der Waals surface area contributed by atoms with Gasteiger partial charge in [0, 0.05) is 0 Å².